The number of aliphatic hydroxyl groups is 1. The maximum atomic E-state index is 13.5. The van der Waals surface area contributed by atoms with Gasteiger partial charge in [-0.3, -0.25) is 9.80 Å². The van der Waals surface area contributed by atoms with E-state index in [1.165, 1.54) is 0 Å². The predicted octanol–water partition coefficient (Wildman–Crippen LogP) is 1.21. The highest BCUT2D eigenvalue weighted by atomic mass is 19.2. The van der Waals surface area contributed by atoms with E-state index in [4.69, 9.17) is 5.11 Å². The zero-order valence-electron chi connectivity index (χ0n) is 10.6. The Kier molecular flexibility index (Phi) is 4.79. The summed E-state index contributed by atoms with van der Waals surface area (Å²) >= 11 is 0. The third-order valence-electron chi connectivity index (χ3n) is 3.36. The van der Waals surface area contributed by atoms with E-state index in [0.717, 1.165) is 32.2 Å². The van der Waals surface area contributed by atoms with Crippen LogP contribution in [0.1, 0.15) is 5.56 Å². The molecular formula is C13H17F3N2O. The van der Waals surface area contributed by atoms with Crippen LogP contribution in [0.2, 0.25) is 0 Å². The van der Waals surface area contributed by atoms with Crippen molar-refractivity contribution in [2.45, 2.75) is 6.54 Å². The lowest BCUT2D eigenvalue weighted by Crippen LogP contribution is -2.46. The molecule has 1 aromatic carbocycles. The lowest BCUT2D eigenvalue weighted by Gasteiger charge is -2.34. The fraction of sp³-hybridized carbons (Fsp3) is 0.538. The zero-order valence-corrected chi connectivity index (χ0v) is 10.6. The molecule has 1 aliphatic rings. The third-order valence-corrected chi connectivity index (χ3v) is 3.36. The van der Waals surface area contributed by atoms with Gasteiger partial charge in [0.05, 0.1) is 6.61 Å². The zero-order chi connectivity index (χ0) is 13.8. The summed E-state index contributed by atoms with van der Waals surface area (Å²) in [5, 5.41) is 8.83. The molecule has 1 aromatic rings. The fourth-order valence-electron chi connectivity index (χ4n) is 2.24. The van der Waals surface area contributed by atoms with Crippen LogP contribution in [-0.4, -0.2) is 54.2 Å². The molecule has 19 heavy (non-hydrogen) atoms. The Morgan fingerprint density at radius 1 is 0.895 bits per heavy atom. The maximum absolute atomic E-state index is 13.5. The van der Waals surface area contributed by atoms with Gasteiger partial charge in [0.15, 0.2) is 11.6 Å². The normalized spacial score (nSPS) is 17.9. The van der Waals surface area contributed by atoms with E-state index in [-0.39, 0.29) is 18.7 Å². The minimum Gasteiger partial charge on any atom is -0.395 e. The molecule has 0 bridgehead atoms. The molecule has 1 aliphatic heterocycles. The lowest BCUT2D eigenvalue weighted by molar-refractivity contribution is 0.107. The molecule has 0 amide bonds. The van der Waals surface area contributed by atoms with E-state index in [0.29, 0.717) is 12.6 Å². The first kappa shape index (κ1) is 14.3. The lowest BCUT2D eigenvalue weighted by atomic mass is 10.1. The van der Waals surface area contributed by atoms with Crippen LogP contribution < -0.4 is 0 Å². The molecule has 0 spiro atoms. The van der Waals surface area contributed by atoms with E-state index in [1.807, 2.05) is 4.90 Å². The molecule has 1 N–H and O–H groups in total. The number of nitrogens with zero attached hydrogens (tertiary/aromatic N) is 2. The minimum absolute atomic E-state index is 0.123. The number of aliphatic hydroxyl groups excluding tert-OH is 1. The second kappa shape index (κ2) is 6.36. The van der Waals surface area contributed by atoms with Gasteiger partial charge in [-0.1, -0.05) is 0 Å². The first-order chi connectivity index (χ1) is 9.10. The van der Waals surface area contributed by atoms with Gasteiger partial charge in [0.25, 0.3) is 0 Å². The summed E-state index contributed by atoms with van der Waals surface area (Å²) in [5.74, 6) is -2.89. The van der Waals surface area contributed by atoms with Crippen LogP contribution in [-0.2, 0) is 6.54 Å². The predicted molar refractivity (Wildman–Crippen MR) is 65.1 cm³/mol. The SMILES string of the molecule is OCCN1CCN(Cc2cc(F)c(F)cc2F)CC1. The standard InChI is InChI=1S/C13H17F3N2O/c14-11-8-13(16)12(15)7-10(11)9-18-3-1-17(2-4-18)5-6-19/h7-8,19H,1-6,9H2. The van der Waals surface area contributed by atoms with Crippen molar-refractivity contribution in [2.24, 2.45) is 0 Å². The van der Waals surface area contributed by atoms with Gasteiger partial charge in [-0.05, 0) is 6.07 Å². The van der Waals surface area contributed by atoms with E-state index in [2.05, 4.69) is 4.90 Å². The second-order valence-electron chi connectivity index (χ2n) is 4.70. The molecule has 106 valence electrons. The van der Waals surface area contributed by atoms with Crippen molar-refractivity contribution < 1.29 is 18.3 Å². The number of hydrogen-bond donors (Lipinski definition) is 1. The summed E-state index contributed by atoms with van der Waals surface area (Å²) in [5.41, 5.74) is 0.175. The van der Waals surface area contributed by atoms with Gasteiger partial charge in [-0.2, -0.15) is 0 Å². The number of rotatable bonds is 4. The van der Waals surface area contributed by atoms with Crippen molar-refractivity contribution in [1.29, 1.82) is 0 Å². The Morgan fingerprint density at radius 3 is 2.11 bits per heavy atom. The van der Waals surface area contributed by atoms with Gasteiger partial charge in [-0.15, -0.1) is 0 Å². The topological polar surface area (TPSA) is 26.7 Å². The van der Waals surface area contributed by atoms with Crippen molar-refractivity contribution in [1.82, 2.24) is 9.80 Å². The van der Waals surface area contributed by atoms with Crippen molar-refractivity contribution >= 4 is 0 Å². The summed E-state index contributed by atoms with van der Waals surface area (Å²) in [6.07, 6.45) is 0. The Bertz CT molecular complexity index is 434. The van der Waals surface area contributed by atoms with Gasteiger partial charge in [0.1, 0.15) is 5.82 Å². The summed E-state index contributed by atoms with van der Waals surface area (Å²) in [4.78, 5) is 4.10. The Balaban J connectivity index is 1.94. The van der Waals surface area contributed by atoms with Crippen LogP contribution in [0.25, 0.3) is 0 Å². The van der Waals surface area contributed by atoms with Crippen LogP contribution in [0, 0.1) is 17.5 Å². The van der Waals surface area contributed by atoms with Gasteiger partial charge < -0.3 is 5.11 Å². The number of halogens is 3. The van der Waals surface area contributed by atoms with Crippen LogP contribution >= 0.6 is 0 Å². The van der Waals surface area contributed by atoms with Gasteiger partial charge in [0.2, 0.25) is 0 Å². The quantitative estimate of drug-likeness (QED) is 0.836. The summed E-state index contributed by atoms with van der Waals surface area (Å²) in [7, 11) is 0. The van der Waals surface area contributed by atoms with E-state index in [9.17, 15) is 13.2 Å². The second-order valence-corrected chi connectivity index (χ2v) is 4.70. The number of hydrogen-bond acceptors (Lipinski definition) is 3. The minimum atomic E-state index is -1.16. The Hall–Kier alpha value is -1.11. The molecule has 0 aliphatic carbocycles. The molecule has 0 saturated carbocycles. The summed E-state index contributed by atoms with van der Waals surface area (Å²) < 4.78 is 39.4. The molecule has 0 atom stereocenters. The highest BCUT2D eigenvalue weighted by molar-refractivity contribution is 5.20. The van der Waals surface area contributed by atoms with Gasteiger partial charge in [-0.25, -0.2) is 13.2 Å². The smallest absolute Gasteiger partial charge is 0.161 e. The van der Waals surface area contributed by atoms with E-state index >= 15 is 0 Å². The number of β-amino-alcohol motifs (C(OH)–C–C–N with tert-alkyl or cyclic N) is 1. The fourth-order valence-corrected chi connectivity index (χ4v) is 2.24. The maximum Gasteiger partial charge on any atom is 0.161 e. The molecule has 1 saturated heterocycles. The monoisotopic (exact) mass is 274 g/mol. The van der Waals surface area contributed by atoms with Crippen molar-refractivity contribution in [3.63, 3.8) is 0 Å². The van der Waals surface area contributed by atoms with Crippen LogP contribution in [0.3, 0.4) is 0 Å². The average Bonchev–Trinajstić information content (AvgIpc) is 2.38. The van der Waals surface area contributed by atoms with Gasteiger partial charge >= 0.3 is 0 Å². The highest BCUT2D eigenvalue weighted by Gasteiger charge is 2.18. The number of benzene rings is 1. The first-order valence-corrected chi connectivity index (χ1v) is 6.29. The molecule has 0 radical (unpaired) electrons. The molecule has 0 unspecified atom stereocenters. The molecule has 3 nitrogen and oxygen atoms in total. The van der Waals surface area contributed by atoms with Crippen LogP contribution in [0.15, 0.2) is 12.1 Å². The largest absolute Gasteiger partial charge is 0.395 e. The van der Waals surface area contributed by atoms with Crippen molar-refractivity contribution in [3.8, 4) is 0 Å². The molecule has 1 heterocycles. The molecule has 2 rings (SSSR count). The Morgan fingerprint density at radius 2 is 1.47 bits per heavy atom. The van der Waals surface area contributed by atoms with E-state index < -0.39 is 17.5 Å². The summed E-state index contributed by atoms with van der Waals surface area (Å²) in [6.45, 7) is 4.04. The molecule has 1 fully saturated rings. The molecule has 0 aromatic heterocycles. The van der Waals surface area contributed by atoms with Crippen molar-refractivity contribution in [3.05, 3.63) is 35.1 Å². The van der Waals surface area contributed by atoms with Crippen LogP contribution in [0.5, 0.6) is 0 Å². The molecular weight excluding hydrogens is 257 g/mol. The summed E-state index contributed by atoms with van der Waals surface area (Å²) in [6, 6.07) is 1.51. The van der Waals surface area contributed by atoms with Gasteiger partial charge in [0, 0.05) is 50.9 Å². The highest BCUT2D eigenvalue weighted by Crippen LogP contribution is 2.16. The average molecular weight is 274 g/mol. The number of piperazine rings is 1. The third kappa shape index (κ3) is 3.68. The molecule has 6 heteroatoms. The first-order valence-electron chi connectivity index (χ1n) is 6.29. The Labute approximate surface area is 110 Å². The van der Waals surface area contributed by atoms with E-state index in [1.54, 1.807) is 0 Å². The van der Waals surface area contributed by atoms with Crippen LogP contribution in [0.4, 0.5) is 13.2 Å². The van der Waals surface area contributed by atoms with Crippen molar-refractivity contribution in [2.75, 3.05) is 39.3 Å².